The summed E-state index contributed by atoms with van der Waals surface area (Å²) in [7, 11) is 1.52. The Kier molecular flexibility index (Phi) is 30.0. The maximum Gasteiger partial charge on any atom is 0.0822 e. The molecule has 0 radical (unpaired) electrons. The highest BCUT2D eigenvalue weighted by molar-refractivity contribution is 4.81. The number of hydrogen-bond donors (Lipinski definition) is 0. The Hall–Kier alpha value is -0.600. The number of unbranched alkanes of at least 4 members (excludes halogenated alkanes) is 10. The van der Waals surface area contributed by atoms with Crippen LogP contribution in [0.15, 0.2) is 24.3 Å². The number of hydrogen-bond acceptors (Lipinski definition) is 2. The molecule has 0 aliphatic rings. The van der Waals surface area contributed by atoms with Crippen molar-refractivity contribution in [3.8, 4) is 0 Å². The van der Waals surface area contributed by atoms with Gasteiger partial charge in [0.05, 0.1) is 13.7 Å². The number of allylic oxidation sites excluding steroid dienone is 4. The zero-order valence-corrected chi connectivity index (χ0v) is 17.7. The predicted molar refractivity (Wildman–Crippen MR) is 113 cm³/mol. The fourth-order valence-corrected chi connectivity index (χ4v) is 2.36. The molecule has 2 nitrogen and oxygen atoms in total. The minimum absolute atomic E-state index is 0.715. The van der Waals surface area contributed by atoms with E-state index in [-0.39, 0.29) is 0 Å². The quantitative estimate of drug-likeness (QED) is 0.113. The summed E-state index contributed by atoms with van der Waals surface area (Å²) in [6.07, 6.45) is 27.8. The second kappa shape index (κ2) is 28.2. The van der Waals surface area contributed by atoms with Crippen molar-refractivity contribution < 1.29 is 9.78 Å². The molecular formula is C23H46O2. The van der Waals surface area contributed by atoms with Gasteiger partial charge in [-0.15, -0.1) is 0 Å². The molecule has 0 N–H and O–H groups in total. The van der Waals surface area contributed by atoms with Gasteiger partial charge in [0.15, 0.2) is 0 Å². The van der Waals surface area contributed by atoms with Crippen LogP contribution in [0.1, 0.15) is 111 Å². The van der Waals surface area contributed by atoms with E-state index in [9.17, 15) is 0 Å². The van der Waals surface area contributed by atoms with E-state index in [2.05, 4.69) is 54.9 Å². The van der Waals surface area contributed by atoms with E-state index in [0.717, 1.165) is 12.8 Å². The molecule has 25 heavy (non-hydrogen) atoms. The van der Waals surface area contributed by atoms with Crippen LogP contribution in [0.5, 0.6) is 0 Å². The highest BCUT2D eigenvalue weighted by Crippen LogP contribution is 2.09. The Morgan fingerprint density at radius 2 is 1.04 bits per heavy atom. The lowest BCUT2D eigenvalue weighted by atomic mass is 10.1. The summed E-state index contributed by atoms with van der Waals surface area (Å²) in [6.45, 7) is 7.28. The molecule has 0 rings (SSSR count). The molecule has 0 aromatic heterocycles. The van der Waals surface area contributed by atoms with Crippen molar-refractivity contribution >= 4 is 0 Å². The molecule has 0 heterocycles. The molecule has 0 saturated heterocycles. The summed E-state index contributed by atoms with van der Waals surface area (Å²) in [5.74, 6) is 0. The third-order valence-corrected chi connectivity index (χ3v) is 3.98. The van der Waals surface area contributed by atoms with Gasteiger partial charge < -0.3 is 0 Å². The van der Waals surface area contributed by atoms with Gasteiger partial charge in [-0.05, 0) is 44.9 Å². The van der Waals surface area contributed by atoms with Crippen LogP contribution in [0.25, 0.3) is 0 Å². The SMILES string of the molecule is CC/C=C\CCCCCCCC/C=C/CCCC.CCCCOOC. The lowest BCUT2D eigenvalue weighted by Crippen LogP contribution is -1.90. The molecule has 0 spiro atoms. The average molecular weight is 355 g/mol. The van der Waals surface area contributed by atoms with Crippen molar-refractivity contribution in [3.63, 3.8) is 0 Å². The molecule has 0 atom stereocenters. The van der Waals surface area contributed by atoms with Gasteiger partial charge in [0, 0.05) is 0 Å². The molecule has 0 amide bonds. The minimum atomic E-state index is 0.715. The molecule has 150 valence electrons. The first-order valence-electron chi connectivity index (χ1n) is 10.8. The van der Waals surface area contributed by atoms with Gasteiger partial charge in [-0.2, -0.15) is 0 Å². The second-order valence-electron chi connectivity index (χ2n) is 6.53. The van der Waals surface area contributed by atoms with E-state index in [1.165, 1.54) is 84.2 Å². The van der Waals surface area contributed by atoms with Crippen LogP contribution in [0.3, 0.4) is 0 Å². The van der Waals surface area contributed by atoms with Crippen molar-refractivity contribution in [2.24, 2.45) is 0 Å². The summed E-state index contributed by atoms with van der Waals surface area (Å²) in [5.41, 5.74) is 0. The normalized spacial score (nSPS) is 11.2. The lowest BCUT2D eigenvalue weighted by molar-refractivity contribution is -0.272. The van der Waals surface area contributed by atoms with Crippen LogP contribution in [-0.4, -0.2) is 13.7 Å². The first kappa shape index (κ1) is 26.6. The second-order valence-corrected chi connectivity index (χ2v) is 6.53. The molecule has 0 fully saturated rings. The van der Waals surface area contributed by atoms with Crippen LogP contribution >= 0.6 is 0 Å². The van der Waals surface area contributed by atoms with Crippen molar-refractivity contribution in [3.05, 3.63) is 24.3 Å². The van der Waals surface area contributed by atoms with Gasteiger partial charge in [0.1, 0.15) is 0 Å². The summed E-state index contributed by atoms with van der Waals surface area (Å²) in [4.78, 5) is 8.92. The molecule has 0 aromatic carbocycles. The van der Waals surface area contributed by atoms with Crippen LogP contribution in [0, 0.1) is 0 Å². The van der Waals surface area contributed by atoms with Gasteiger partial charge in [-0.1, -0.05) is 90.0 Å². The Bertz CT molecular complexity index is 255. The standard InChI is InChI=1S/C18H34.C5H12O2/c1-3-5-7-9-11-13-15-17-18-16-14-12-10-8-6-4-2;1-3-4-5-7-6-2/h5,7,10,12H,3-4,6,8-9,11,13-18H2,1-2H3;3-5H2,1-2H3/b7-5-,12-10+;. The van der Waals surface area contributed by atoms with E-state index >= 15 is 0 Å². The van der Waals surface area contributed by atoms with Crippen molar-refractivity contribution in [1.29, 1.82) is 0 Å². The summed E-state index contributed by atoms with van der Waals surface area (Å²) < 4.78 is 0. The fourth-order valence-electron chi connectivity index (χ4n) is 2.36. The van der Waals surface area contributed by atoms with Gasteiger partial charge in [0.25, 0.3) is 0 Å². The van der Waals surface area contributed by atoms with E-state index < -0.39 is 0 Å². The molecule has 0 saturated carbocycles. The number of rotatable bonds is 17. The highest BCUT2D eigenvalue weighted by Gasteiger charge is 1.90. The van der Waals surface area contributed by atoms with Gasteiger partial charge in [-0.3, -0.25) is 0 Å². The van der Waals surface area contributed by atoms with E-state index in [1.807, 2.05) is 0 Å². The maximum absolute atomic E-state index is 4.57. The first-order valence-corrected chi connectivity index (χ1v) is 10.8. The van der Waals surface area contributed by atoms with E-state index in [4.69, 9.17) is 0 Å². The van der Waals surface area contributed by atoms with Crippen molar-refractivity contribution in [1.82, 2.24) is 0 Å². The summed E-state index contributed by atoms with van der Waals surface area (Å²) in [6, 6.07) is 0. The Balaban J connectivity index is 0. The molecule has 0 unspecified atom stereocenters. The first-order chi connectivity index (χ1) is 12.3. The topological polar surface area (TPSA) is 18.5 Å². The summed E-state index contributed by atoms with van der Waals surface area (Å²) >= 11 is 0. The molecule has 0 aliphatic heterocycles. The average Bonchev–Trinajstić information content (AvgIpc) is 2.63. The Labute approximate surface area is 159 Å². The maximum atomic E-state index is 4.57. The smallest absolute Gasteiger partial charge is 0.0822 e. The molecular weight excluding hydrogens is 308 g/mol. The Morgan fingerprint density at radius 1 is 0.560 bits per heavy atom. The van der Waals surface area contributed by atoms with Gasteiger partial charge in [0.2, 0.25) is 0 Å². The fraction of sp³-hybridized carbons (Fsp3) is 0.826. The molecule has 0 aliphatic carbocycles. The van der Waals surface area contributed by atoms with E-state index in [1.54, 1.807) is 0 Å². The third-order valence-electron chi connectivity index (χ3n) is 3.98. The largest absolute Gasteiger partial charge is 0.240 e. The van der Waals surface area contributed by atoms with Crippen molar-refractivity contribution in [2.75, 3.05) is 13.7 Å². The van der Waals surface area contributed by atoms with Gasteiger partial charge >= 0.3 is 0 Å². The summed E-state index contributed by atoms with van der Waals surface area (Å²) in [5, 5.41) is 0. The molecule has 0 bridgehead atoms. The van der Waals surface area contributed by atoms with Gasteiger partial charge in [-0.25, -0.2) is 9.78 Å². The van der Waals surface area contributed by atoms with Crippen LogP contribution in [0.2, 0.25) is 0 Å². The van der Waals surface area contributed by atoms with Crippen molar-refractivity contribution in [2.45, 2.75) is 111 Å². The molecule has 2 heteroatoms. The predicted octanol–water partition coefficient (Wildman–Crippen LogP) is 8.18. The molecule has 0 aromatic rings. The van der Waals surface area contributed by atoms with Crippen LogP contribution in [0.4, 0.5) is 0 Å². The third kappa shape index (κ3) is 31.7. The van der Waals surface area contributed by atoms with E-state index in [0.29, 0.717) is 6.61 Å². The van der Waals surface area contributed by atoms with Crippen LogP contribution < -0.4 is 0 Å². The zero-order chi connectivity index (χ0) is 18.8. The monoisotopic (exact) mass is 354 g/mol. The lowest BCUT2D eigenvalue weighted by Gasteiger charge is -1.99. The Morgan fingerprint density at radius 3 is 1.52 bits per heavy atom. The van der Waals surface area contributed by atoms with Crippen LogP contribution in [-0.2, 0) is 9.78 Å². The zero-order valence-electron chi connectivity index (χ0n) is 17.7. The minimum Gasteiger partial charge on any atom is -0.240 e. The highest BCUT2D eigenvalue weighted by atomic mass is 17.2.